The molecule has 1 N–H and O–H groups in total. The van der Waals surface area contributed by atoms with E-state index in [-0.39, 0.29) is 6.61 Å². The summed E-state index contributed by atoms with van der Waals surface area (Å²) >= 11 is 0. The van der Waals surface area contributed by atoms with Crippen LogP contribution in [-0.4, -0.2) is 41.1 Å². The topological polar surface area (TPSA) is 90.6 Å². The second kappa shape index (κ2) is 6.06. The van der Waals surface area contributed by atoms with E-state index >= 15 is 0 Å². The first-order valence-electron chi connectivity index (χ1n) is 5.92. The predicted octanol–water partition coefficient (Wildman–Crippen LogP) is 1.26. The van der Waals surface area contributed by atoms with Crippen molar-refractivity contribution >= 4 is 11.9 Å². The van der Waals surface area contributed by atoms with Gasteiger partial charge in [-0.1, -0.05) is 12.1 Å². The summed E-state index contributed by atoms with van der Waals surface area (Å²) in [5.41, 5.74) is -1.00. The summed E-state index contributed by atoms with van der Waals surface area (Å²) in [5, 5.41) is 17.9. The Bertz CT molecular complexity index is 561. The van der Waals surface area contributed by atoms with Gasteiger partial charge in [-0.2, -0.15) is 5.26 Å². The number of amides is 1. The fourth-order valence-corrected chi connectivity index (χ4v) is 1.38. The number of ether oxygens (including phenoxy) is 1. The van der Waals surface area contributed by atoms with Crippen LogP contribution in [0.15, 0.2) is 24.3 Å². The molecule has 0 heterocycles. The van der Waals surface area contributed by atoms with Crippen molar-refractivity contribution in [2.24, 2.45) is 0 Å². The molecule has 0 aliphatic carbocycles. The SMILES string of the molecule is CN(C(=O)COc1ccccc1C#N)C(C)(C)C(=O)O. The average Bonchev–Trinajstić information content (AvgIpc) is 2.43. The summed E-state index contributed by atoms with van der Waals surface area (Å²) in [7, 11) is 1.40. The number of hydrogen-bond donors (Lipinski definition) is 1. The first kappa shape index (κ1) is 15.5. The van der Waals surface area contributed by atoms with Gasteiger partial charge in [0.2, 0.25) is 0 Å². The van der Waals surface area contributed by atoms with E-state index in [2.05, 4.69) is 0 Å². The van der Waals surface area contributed by atoms with Gasteiger partial charge in [-0.3, -0.25) is 4.79 Å². The second-order valence-corrected chi connectivity index (χ2v) is 4.71. The number of hydrogen-bond acceptors (Lipinski definition) is 4. The molecule has 0 atom stereocenters. The molecular formula is C14H16N2O4. The van der Waals surface area contributed by atoms with Crippen LogP contribution >= 0.6 is 0 Å². The normalized spacial score (nSPS) is 10.5. The average molecular weight is 276 g/mol. The van der Waals surface area contributed by atoms with Gasteiger partial charge in [0.05, 0.1) is 5.56 Å². The molecule has 6 heteroatoms. The number of likely N-dealkylation sites (N-methyl/N-ethyl adjacent to an activating group) is 1. The third kappa shape index (κ3) is 3.26. The summed E-state index contributed by atoms with van der Waals surface area (Å²) in [6, 6.07) is 8.48. The van der Waals surface area contributed by atoms with Crippen LogP contribution < -0.4 is 4.74 Å². The molecule has 106 valence electrons. The van der Waals surface area contributed by atoms with Crippen molar-refractivity contribution in [1.29, 1.82) is 5.26 Å². The molecule has 1 aromatic rings. The van der Waals surface area contributed by atoms with E-state index < -0.39 is 17.4 Å². The number of carbonyl (C=O) groups is 2. The molecule has 0 fully saturated rings. The van der Waals surface area contributed by atoms with Crippen molar-refractivity contribution in [3.8, 4) is 11.8 Å². The first-order valence-corrected chi connectivity index (χ1v) is 5.92. The standard InChI is InChI=1S/C14H16N2O4/c1-14(2,13(18)19)16(3)12(17)9-20-11-7-5-4-6-10(11)8-15/h4-7H,9H2,1-3H3,(H,18,19). The molecule has 0 radical (unpaired) electrons. The van der Waals surface area contributed by atoms with Crippen LogP contribution in [0.25, 0.3) is 0 Å². The molecule has 1 aromatic carbocycles. The monoisotopic (exact) mass is 276 g/mol. The number of carboxylic acids is 1. The molecule has 0 aromatic heterocycles. The first-order chi connectivity index (χ1) is 9.30. The van der Waals surface area contributed by atoms with Crippen LogP contribution in [0.4, 0.5) is 0 Å². The van der Waals surface area contributed by atoms with Crippen molar-refractivity contribution in [2.45, 2.75) is 19.4 Å². The summed E-state index contributed by atoms with van der Waals surface area (Å²) in [6.45, 7) is 2.53. The minimum atomic E-state index is -1.32. The van der Waals surface area contributed by atoms with E-state index in [4.69, 9.17) is 15.1 Å². The molecule has 0 spiro atoms. The quantitative estimate of drug-likeness (QED) is 0.874. The fourth-order valence-electron chi connectivity index (χ4n) is 1.38. The molecule has 1 rings (SSSR count). The van der Waals surface area contributed by atoms with E-state index in [1.165, 1.54) is 20.9 Å². The minimum Gasteiger partial charge on any atom is -0.482 e. The lowest BCUT2D eigenvalue weighted by molar-refractivity contribution is -0.156. The number of nitriles is 1. The highest BCUT2D eigenvalue weighted by Crippen LogP contribution is 2.17. The lowest BCUT2D eigenvalue weighted by atomic mass is 10.0. The lowest BCUT2D eigenvalue weighted by Gasteiger charge is -2.31. The predicted molar refractivity (Wildman–Crippen MR) is 71.1 cm³/mol. The number of para-hydroxylation sites is 1. The zero-order valence-electron chi connectivity index (χ0n) is 11.6. The van der Waals surface area contributed by atoms with Gasteiger partial charge in [-0.05, 0) is 26.0 Å². The fraction of sp³-hybridized carbons (Fsp3) is 0.357. The van der Waals surface area contributed by atoms with Gasteiger partial charge in [0.1, 0.15) is 17.4 Å². The van der Waals surface area contributed by atoms with Crippen molar-refractivity contribution < 1.29 is 19.4 Å². The number of rotatable bonds is 5. The molecule has 1 amide bonds. The zero-order chi connectivity index (χ0) is 15.3. The highest BCUT2D eigenvalue weighted by molar-refractivity contribution is 5.86. The third-order valence-corrected chi connectivity index (χ3v) is 3.09. The van der Waals surface area contributed by atoms with Crippen molar-refractivity contribution in [3.05, 3.63) is 29.8 Å². The van der Waals surface area contributed by atoms with Crippen LogP contribution in [0.2, 0.25) is 0 Å². The molecule has 0 unspecified atom stereocenters. The van der Waals surface area contributed by atoms with Gasteiger partial charge in [-0.25, -0.2) is 4.79 Å². The summed E-state index contributed by atoms with van der Waals surface area (Å²) < 4.78 is 5.28. The van der Waals surface area contributed by atoms with Crippen molar-refractivity contribution in [2.75, 3.05) is 13.7 Å². The lowest BCUT2D eigenvalue weighted by Crippen LogP contribution is -2.52. The minimum absolute atomic E-state index is 0.296. The largest absolute Gasteiger partial charge is 0.482 e. The maximum atomic E-state index is 11.9. The zero-order valence-corrected chi connectivity index (χ0v) is 11.6. The number of carbonyl (C=O) groups excluding carboxylic acids is 1. The summed E-state index contributed by atoms with van der Waals surface area (Å²) in [4.78, 5) is 24.1. The smallest absolute Gasteiger partial charge is 0.329 e. The Morgan fingerprint density at radius 3 is 2.55 bits per heavy atom. The second-order valence-electron chi connectivity index (χ2n) is 4.71. The molecule has 6 nitrogen and oxygen atoms in total. The summed E-state index contributed by atoms with van der Waals surface area (Å²) in [5.74, 6) is -1.29. The Morgan fingerprint density at radius 2 is 2.00 bits per heavy atom. The maximum Gasteiger partial charge on any atom is 0.329 e. The van der Waals surface area contributed by atoms with E-state index in [9.17, 15) is 9.59 Å². The molecule has 0 aliphatic rings. The highest BCUT2D eigenvalue weighted by Gasteiger charge is 2.35. The van der Waals surface area contributed by atoms with Crippen LogP contribution in [-0.2, 0) is 9.59 Å². The molecule has 0 saturated carbocycles. The van der Waals surface area contributed by atoms with Gasteiger partial charge in [0.25, 0.3) is 5.91 Å². The van der Waals surface area contributed by atoms with Gasteiger partial charge in [-0.15, -0.1) is 0 Å². The van der Waals surface area contributed by atoms with Gasteiger partial charge >= 0.3 is 5.97 Å². The molecule has 0 saturated heterocycles. The van der Waals surface area contributed by atoms with Crippen LogP contribution in [0.1, 0.15) is 19.4 Å². The van der Waals surface area contributed by atoms with Crippen molar-refractivity contribution in [1.82, 2.24) is 4.90 Å². The van der Waals surface area contributed by atoms with E-state index in [0.29, 0.717) is 11.3 Å². The molecule has 0 bridgehead atoms. The van der Waals surface area contributed by atoms with Gasteiger partial charge < -0.3 is 14.7 Å². The van der Waals surface area contributed by atoms with Crippen LogP contribution in [0.5, 0.6) is 5.75 Å². The molecule has 20 heavy (non-hydrogen) atoms. The Hall–Kier alpha value is -2.55. The Balaban J connectivity index is 2.74. The Kier molecular flexibility index (Phi) is 4.70. The van der Waals surface area contributed by atoms with Crippen molar-refractivity contribution in [3.63, 3.8) is 0 Å². The number of benzene rings is 1. The summed E-state index contributed by atoms with van der Waals surface area (Å²) in [6.07, 6.45) is 0. The number of aliphatic carboxylic acids is 1. The van der Waals surface area contributed by atoms with E-state index in [1.807, 2.05) is 6.07 Å². The van der Waals surface area contributed by atoms with E-state index in [1.54, 1.807) is 24.3 Å². The van der Waals surface area contributed by atoms with Gasteiger partial charge in [0, 0.05) is 7.05 Å². The number of carboxylic acid groups (broad SMARTS) is 1. The third-order valence-electron chi connectivity index (χ3n) is 3.09. The Morgan fingerprint density at radius 1 is 1.40 bits per heavy atom. The van der Waals surface area contributed by atoms with Gasteiger partial charge in [0.15, 0.2) is 6.61 Å². The Labute approximate surface area is 117 Å². The van der Waals surface area contributed by atoms with Crippen LogP contribution in [0.3, 0.4) is 0 Å². The van der Waals surface area contributed by atoms with Crippen LogP contribution in [0, 0.1) is 11.3 Å². The van der Waals surface area contributed by atoms with E-state index in [0.717, 1.165) is 4.90 Å². The highest BCUT2D eigenvalue weighted by atomic mass is 16.5. The molecule has 0 aliphatic heterocycles. The molecular weight excluding hydrogens is 260 g/mol. The number of nitrogens with zero attached hydrogens (tertiary/aromatic N) is 2. The maximum absolute atomic E-state index is 11.9.